The molecule has 3 nitrogen and oxygen atoms in total. The predicted octanol–water partition coefficient (Wildman–Crippen LogP) is 3.84. The Balaban J connectivity index is 2.18. The first-order chi connectivity index (χ1) is 7.65. The molecule has 1 N–H and O–H groups in total. The number of carbonyl (C=O) groups is 1. The third-order valence-corrected chi connectivity index (χ3v) is 2.34. The maximum atomic E-state index is 11.6. The van der Waals surface area contributed by atoms with E-state index in [4.69, 9.17) is 27.6 Å². The van der Waals surface area contributed by atoms with Gasteiger partial charge in [0.05, 0.1) is 11.8 Å². The molecule has 0 fully saturated rings. The molecule has 1 aromatic carbocycles. The maximum Gasteiger partial charge on any atom is 0.258 e. The van der Waals surface area contributed by atoms with E-state index in [0.29, 0.717) is 21.3 Å². The first-order valence-electron chi connectivity index (χ1n) is 4.45. The molecule has 82 valence electrons. The molecule has 0 aliphatic carbocycles. The molecule has 2 aromatic rings. The topological polar surface area (TPSA) is 42.2 Å². The van der Waals surface area contributed by atoms with Crippen molar-refractivity contribution in [3.63, 3.8) is 0 Å². The fraction of sp³-hybridized carbons (Fsp3) is 0. The summed E-state index contributed by atoms with van der Waals surface area (Å²) in [5, 5.41) is 3.59. The summed E-state index contributed by atoms with van der Waals surface area (Å²) >= 11 is 11.6. The van der Waals surface area contributed by atoms with E-state index in [1.54, 1.807) is 24.3 Å². The molecule has 0 spiro atoms. The van der Waals surface area contributed by atoms with Crippen LogP contribution in [-0.2, 0) is 0 Å². The van der Waals surface area contributed by atoms with Crippen molar-refractivity contribution in [3.8, 4) is 0 Å². The van der Waals surface area contributed by atoms with E-state index in [2.05, 4.69) is 5.32 Å². The van der Waals surface area contributed by atoms with E-state index < -0.39 is 0 Å². The summed E-state index contributed by atoms with van der Waals surface area (Å²) in [7, 11) is 0. The van der Waals surface area contributed by atoms with Crippen LogP contribution in [0.5, 0.6) is 0 Å². The second-order valence-corrected chi connectivity index (χ2v) is 4.00. The van der Waals surface area contributed by atoms with Crippen LogP contribution in [0.2, 0.25) is 10.0 Å². The Hall–Kier alpha value is -1.45. The number of benzene rings is 1. The number of hydrogen-bond acceptors (Lipinski definition) is 2. The molecule has 1 aromatic heterocycles. The van der Waals surface area contributed by atoms with Crippen LogP contribution < -0.4 is 5.32 Å². The summed E-state index contributed by atoms with van der Waals surface area (Å²) in [5.41, 5.74) is 0.986. The van der Waals surface area contributed by atoms with Gasteiger partial charge in [0.15, 0.2) is 0 Å². The normalized spacial score (nSPS) is 10.1. The second-order valence-electron chi connectivity index (χ2n) is 3.12. The molecule has 0 atom stereocenters. The van der Waals surface area contributed by atoms with Crippen LogP contribution in [0.25, 0.3) is 0 Å². The number of hydrogen-bond donors (Lipinski definition) is 1. The predicted molar refractivity (Wildman–Crippen MR) is 63.1 cm³/mol. The largest absolute Gasteiger partial charge is 0.472 e. The van der Waals surface area contributed by atoms with E-state index >= 15 is 0 Å². The minimum absolute atomic E-state index is 0.271. The lowest BCUT2D eigenvalue weighted by atomic mass is 10.3. The summed E-state index contributed by atoms with van der Waals surface area (Å²) in [5.74, 6) is -0.271. The van der Waals surface area contributed by atoms with Gasteiger partial charge in [-0.25, -0.2) is 0 Å². The summed E-state index contributed by atoms with van der Waals surface area (Å²) in [6.45, 7) is 0. The SMILES string of the molecule is O=C(Nc1cc(Cl)cc(Cl)c1)c1ccoc1. The van der Waals surface area contributed by atoms with Crippen molar-refractivity contribution in [3.05, 3.63) is 52.4 Å². The van der Waals surface area contributed by atoms with Gasteiger partial charge < -0.3 is 9.73 Å². The molecule has 5 heteroatoms. The van der Waals surface area contributed by atoms with Crippen molar-refractivity contribution in [1.29, 1.82) is 0 Å². The number of carbonyl (C=O) groups excluding carboxylic acids is 1. The van der Waals surface area contributed by atoms with E-state index in [0.717, 1.165) is 0 Å². The fourth-order valence-electron chi connectivity index (χ4n) is 1.22. The minimum atomic E-state index is -0.271. The number of anilines is 1. The van der Waals surface area contributed by atoms with Crippen molar-refractivity contribution < 1.29 is 9.21 Å². The maximum absolute atomic E-state index is 11.6. The van der Waals surface area contributed by atoms with Crippen LogP contribution in [-0.4, -0.2) is 5.91 Å². The second kappa shape index (κ2) is 4.60. The number of halogens is 2. The van der Waals surface area contributed by atoms with Gasteiger partial charge in [-0.05, 0) is 24.3 Å². The van der Waals surface area contributed by atoms with Crippen molar-refractivity contribution >= 4 is 34.8 Å². The van der Waals surface area contributed by atoms with Crippen LogP contribution in [0, 0.1) is 0 Å². The minimum Gasteiger partial charge on any atom is -0.472 e. The molecular formula is C11H7Cl2NO2. The lowest BCUT2D eigenvalue weighted by molar-refractivity contribution is 0.102. The highest BCUT2D eigenvalue weighted by atomic mass is 35.5. The smallest absolute Gasteiger partial charge is 0.258 e. The highest BCUT2D eigenvalue weighted by molar-refractivity contribution is 6.35. The first kappa shape index (κ1) is 11.0. The zero-order valence-corrected chi connectivity index (χ0v) is 9.55. The highest BCUT2D eigenvalue weighted by Gasteiger charge is 2.07. The van der Waals surface area contributed by atoms with Crippen molar-refractivity contribution in [2.45, 2.75) is 0 Å². The molecule has 0 aliphatic rings. The van der Waals surface area contributed by atoms with Gasteiger partial charge in [0, 0.05) is 15.7 Å². The van der Waals surface area contributed by atoms with Crippen LogP contribution in [0.1, 0.15) is 10.4 Å². The zero-order valence-electron chi connectivity index (χ0n) is 8.04. The summed E-state index contributed by atoms with van der Waals surface area (Å²) < 4.78 is 4.81. The molecule has 2 rings (SSSR count). The van der Waals surface area contributed by atoms with Gasteiger partial charge >= 0.3 is 0 Å². The van der Waals surface area contributed by atoms with E-state index in [1.807, 2.05) is 0 Å². The number of furan rings is 1. The number of rotatable bonds is 2. The Kier molecular flexibility index (Phi) is 3.17. The Bertz CT molecular complexity index is 488. The first-order valence-corrected chi connectivity index (χ1v) is 5.20. The molecular weight excluding hydrogens is 249 g/mol. The van der Waals surface area contributed by atoms with Gasteiger partial charge in [-0.2, -0.15) is 0 Å². The molecule has 0 radical (unpaired) electrons. The monoisotopic (exact) mass is 255 g/mol. The van der Waals surface area contributed by atoms with Gasteiger partial charge in [0.2, 0.25) is 0 Å². The summed E-state index contributed by atoms with van der Waals surface area (Å²) in [6.07, 6.45) is 2.79. The fourth-order valence-corrected chi connectivity index (χ4v) is 1.75. The standard InChI is InChI=1S/C11H7Cl2NO2/c12-8-3-9(13)5-10(4-8)14-11(15)7-1-2-16-6-7/h1-6H,(H,14,15). The molecule has 1 amide bonds. The quantitative estimate of drug-likeness (QED) is 0.886. The molecule has 0 bridgehead atoms. The van der Waals surface area contributed by atoms with Gasteiger partial charge in [-0.3, -0.25) is 4.79 Å². The Morgan fingerprint density at radius 2 is 1.88 bits per heavy atom. The highest BCUT2D eigenvalue weighted by Crippen LogP contribution is 2.22. The van der Waals surface area contributed by atoms with Gasteiger partial charge in [0.25, 0.3) is 5.91 Å². The summed E-state index contributed by atoms with van der Waals surface area (Å²) in [6, 6.07) is 6.40. The van der Waals surface area contributed by atoms with E-state index in [9.17, 15) is 4.79 Å². The van der Waals surface area contributed by atoms with E-state index in [-0.39, 0.29) is 5.91 Å². The van der Waals surface area contributed by atoms with E-state index in [1.165, 1.54) is 12.5 Å². The van der Waals surface area contributed by atoms with Crippen LogP contribution >= 0.6 is 23.2 Å². The molecule has 0 saturated carbocycles. The molecule has 16 heavy (non-hydrogen) atoms. The van der Waals surface area contributed by atoms with Crippen molar-refractivity contribution in [1.82, 2.24) is 0 Å². The lowest BCUT2D eigenvalue weighted by Crippen LogP contribution is -2.10. The van der Waals surface area contributed by atoms with Gasteiger partial charge in [-0.1, -0.05) is 23.2 Å². The van der Waals surface area contributed by atoms with Crippen LogP contribution in [0.15, 0.2) is 41.2 Å². The third kappa shape index (κ3) is 2.56. The average molecular weight is 256 g/mol. The molecule has 1 heterocycles. The zero-order chi connectivity index (χ0) is 11.5. The Labute approximate surface area is 102 Å². The summed E-state index contributed by atoms with van der Waals surface area (Å²) in [4.78, 5) is 11.6. The number of amides is 1. The van der Waals surface area contributed by atoms with Gasteiger partial charge in [-0.15, -0.1) is 0 Å². The van der Waals surface area contributed by atoms with Crippen LogP contribution in [0.3, 0.4) is 0 Å². The molecule has 0 aliphatic heterocycles. The van der Waals surface area contributed by atoms with Crippen molar-refractivity contribution in [2.24, 2.45) is 0 Å². The Morgan fingerprint density at radius 3 is 2.44 bits per heavy atom. The lowest BCUT2D eigenvalue weighted by Gasteiger charge is -2.04. The van der Waals surface area contributed by atoms with Crippen LogP contribution in [0.4, 0.5) is 5.69 Å². The van der Waals surface area contributed by atoms with Gasteiger partial charge in [0.1, 0.15) is 6.26 Å². The Morgan fingerprint density at radius 1 is 1.19 bits per heavy atom. The third-order valence-electron chi connectivity index (χ3n) is 1.90. The average Bonchev–Trinajstić information content (AvgIpc) is 2.68. The van der Waals surface area contributed by atoms with Crippen molar-refractivity contribution in [2.75, 3.05) is 5.32 Å². The molecule has 0 saturated heterocycles. The number of nitrogens with one attached hydrogen (secondary N) is 1. The molecule has 0 unspecified atom stereocenters.